The molecule has 8 nitrogen and oxygen atoms in total. The largest absolute Gasteiger partial charge is 0.368 e. The van der Waals surface area contributed by atoms with Gasteiger partial charge in [-0.1, -0.05) is 0 Å². The first-order valence-electron chi connectivity index (χ1n) is 9.72. The van der Waals surface area contributed by atoms with Crippen molar-refractivity contribution < 1.29 is 4.79 Å². The molecular formula is C18H37N7O. The summed E-state index contributed by atoms with van der Waals surface area (Å²) in [5.74, 6) is 0.710. The summed E-state index contributed by atoms with van der Waals surface area (Å²) in [5, 5.41) is 3.43. The molecule has 0 saturated carbocycles. The Morgan fingerprint density at radius 1 is 1.15 bits per heavy atom. The van der Waals surface area contributed by atoms with Crippen LogP contribution >= 0.6 is 0 Å². The van der Waals surface area contributed by atoms with Crippen LogP contribution in [0.3, 0.4) is 0 Å². The average molecular weight is 368 g/mol. The second-order valence-corrected chi connectivity index (χ2v) is 7.99. The number of guanidine groups is 1. The molecule has 3 N–H and O–H groups in total. The first kappa shape index (κ1) is 20.9. The molecule has 0 aromatic heterocycles. The average Bonchev–Trinajstić information content (AvgIpc) is 2.61. The van der Waals surface area contributed by atoms with Crippen LogP contribution in [0.25, 0.3) is 0 Å². The Balaban J connectivity index is 1.96. The Bertz CT molecular complexity index is 500. The molecule has 26 heavy (non-hydrogen) atoms. The van der Waals surface area contributed by atoms with Gasteiger partial charge in [-0.3, -0.25) is 19.6 Å². The molecule has 8 heteroatoms. The Labute approximate surface area is 158 Å². The predicted octanol–water partition coefficient (Wildman–Crippen LogP) is -0.921. The lowest BCUT2D eigenvalue weighted by Crippen LogP contribution is -2.61. The van der Waals surface area contributed by atoms with Crippen molar-refractivity contribution in [2.45, 2.75) is 32.4 Å². The van der Waals surface area contributed by atoms with E-state index in [9.17, 15) is 4.79 Å². The molecule has 2 aliphatic rings. The van der Waals surface area contributed by atoms with Gasteiger partial charge in [0.1, 0.15) is 0 Å². The lowest BCUT2D eigenvalue weighted by molar-refractivity contribution is -0.129. The summed E-state index contributed by atoms with van der Waals surface area (Å²) in [5.41, 5.74) is 4.96. The van der Waals surface area contributed by atoms with Crippen LogP contribution in [-0.4, -0.2) is 116 Å². The summed E-state index contributed by atoms with van der Waals surface area (Å²) in [4.78, 5) is 25.9. The van der Waals surface area contributed by atoms with Crippen LogP contribution in [0.15, 0.2) is 4.99 Å². The summed E-state index contributed by atoms with van der Waals surface area (Å²) in [6.45, 7) is 14.2. The van der Waals surface area contributed by atoms with E-state index in [-0.39, 0.29) is 5.91 Å². The fraction of sp³-hybridized carbons (Fsp3) is 0.889. The highest BCUT2D eigenvalue weighted by Crippen LogP contribution is 2.16. The fourth-order valence-corrected chi connectivity index (χ4v) is 3.55. The number of rotatable bonds is 5. The number of piperazine rings is 2. The third kappa shape index (κ3) is 5.08. The van der Waals surface area contributed by atoms with Crippen LogP contribution in [0, 0.1) is 0 Å². The van der Waals surface area contributed by atoms with E-state index in [1.54, 1.807) is 0 Å². The highest BCUT2D eigenvalue weighted by Gasteiger charge is 2.35. The molecule has 0 aromatic rings. The number of carbonyl (C=O) groups excluding carboxylic acids is 1. The van der Waals surface area contributed by atoms with Gasteiger partial charge in [0.05, 0.1) is 12.1 Å². The molecule has 0 bridgehead atoms. The summed E-state index contributed by atoms with van der Waals surface area (Å²) < 4.78 is 0. The number of nitrogens with two attached hydrogens (primary N) is 1. The van der Waals surface area contributed by atoms with Crippen molar-refractivity contribution in [3.05, 3.63) is 0 Å². The fourth-order valence-electron chi connectivity index (χ4n) is 3.55. The molecule has 0 radical (unpaired) electrons. The van der Waals surface area contributed by atoms with Crippen LogP contribution in [-0.2, 0) is 4.79 Å². The van der Waals surface area contributed by atoms with Crippen molar-refractivity contribution in [1.82, 2.24) is 24.9 Å². The Kier molecular flexibility index (Phi) is 7.25. The van der Waals surface area contributed by atoms with E-state index in [0.29, 0.717) is 6.04 Å². The molecule has 2 fully saturated rings. The quantitative estimate of drug-likeness (QED) is 0.483. The monoisotopic (exact) mass is 367 g/mol. The van der Waals surface area contributed by atoms with Crippen LogP contribution in [0.5, 0.6) is 0 Å². The second-order valence-electron chi connectivity index (χ2n) is 7.99. The standard InChI is InChI=1S/C18H37N7O/c1-6-20-17(21-13-15-14-22(4)7-8-23(15)5)24-9-11-25(12-10-24)18(2,3)16(19)26/h15H,6-14H2,1-5H3,(H2,19,26)(H,20,21). The zero-order chi connectivity index (χ0) is 19.3. The minimum Gasteiger partial charge on any atom is -0.368 e. The van der Waals surface area contributed by atoms with Crippen molar-refractivity contribution >= 4 is 11.9 Å². The summed E-state index contributed by atoms with van der Waals surface area (Å²) >= 11 is 0. The van der Waals surface area contributed by atoms with E-state index in [1.807, 2.05) is 13.8 Å². The highest BCUT2D eigenvalue weighted by molar-refractivity contribution is 5.84. The Hall–Kier alpha value is -1.38. The van der Waals surface area contributed by atoms with Crippen molar-refractivity contribution in [3.63, 3.8) is 0 Å². The van der Waals surface area contributed by atoms with Crippen molar-refractivity contribution in [2.24, 2.45) is 10.7 Å². The molecule has 2 saturated heterocycles. The molecule has 1 amide bonds. The van der Waals surface area contributed by atoms with Gasteiger partial charge in [-0.15, -0.1) is 0 Å². The van der Waals surface area contributed by atoms with Gasteiger partial charge in [-0.2, -0.15) is 0 Å². The number of hydrogen-bond donors (Lipinski definition) is 2. The number of nitrogens with one attached hydrogen (secondary N) is 1. The number of amides is 1. The van der Waals surface area contributed by atoms with Gasteiger partial charge in [-0.25, -0.2) is 0 Å². The van der Waals surface area contributed by atoms with Crippen LogP contribution in [0.1, 0.15) is 20.8 Å². The molecule has 1 unspecified atom stereocenters. The maximum absolute atomic E-state index is 11.7. The highest BCUT2D eigenvalue weighted by atomic mass is 16.1. The number of likely N-dealkylation sites (N-methyl/N-ethyl adjacent to an activating group) is 2. The SMILES string of the molecule is CCNC(=NCC1CN(C)CCN1C)N1CCN(C(C)(C)C(N)=O)CC1. The number of aliphatic imine (C=N–C) groups is 1. The second kappa shape index (κ2) is 9.01. The third-order valence-electron chi connectivity index (χ3n) is 5.74. The van der Waals surface area contributed by atoms with Gasteiger partial charge in [0.2, 0.25) is 5.91 Å². The third-order valence-corrected chi connectivity index (χ3v) is 5.74. The number of hydrogen-bond acceptors (Lipinski definition) is 5. The van der Waals surface area contributed by atoms with E-state index in [4.69, 9.17) is 10.7 Å². The molecule has 0 spiro atoms. The van der Waals surface area contributed by atoms with Crippen LogP contribution in [0.4, 0.5) is 0 Å². The molecule has 2 rings (SSSR count). The first-order valence-corrected chi connectivity index (χ1v) is 9.72. The first-order chi connectivity index (χ1) is 12.3. The Morgan fingerprint density at radius 2 is 1.81 bits per heavy atom. The summed E-state index contributed by atoms with van der Waals surface area (Å²) in [7, 11) is 4.36. The van der Waals surface area contributed by atoms with Gasteiger partial charge < -0.3 is 20.9 Å². The molecular weight excluding hydrogens is 330 g/mol. The molecule has 2 heterocycles. The maximum Gasteiger partial charge on any atom is 0.237 e. The van der Waals surface area contributed by atoms with Crippen molar-refractivity contribution in [3.8, 4) is 0 Å². The van der Waals surface area contributed by atoms with Gasteiger partial charge >= 0.3 is 0 Å². The molecule has 2 aliphatic heterocycles. The lowest BCUT2D eigenvalue weighted by atomic mass is 10.0. The normalized spacial score (nSPS) is 24.7. The van der Waals surface area contributed by atoms with E-state index < -0.39 is 5.54 Å². The molecule has 0 aliphatic carbocycles. The maximum atomic E-state index is 11.7. The number of primary amides is 1. The molecule has 0 aromatic carbocycles. The van der Waals surface area contributed by atoms with Gasteiger partial charge in [0.25, 0.3) is 0 Å². The van der Waals surface area contributed by atoms with Crippen molar-refractivity contribution in [2.75, 3.05) is 73.0 Å². The minimum absolute atomic E-state index is 0.268. The number of nitrogens with zero attached hydrogens (tertiary/aromatic N) is 5. The lowest BCUT2D eigenvalue weighted by Gasteiger charge is -2.43. The smallest absolute Gasteiger partial charge is 0.237 e. The van der Waals surface area contributed by atoms with E-state index >= 15 is 0 Å². The molecule has 1 atom stereocenters. The Morgan fingerprint density at radius 3 is 2.38 bits per heavy atom. The van der Waals surface area contributed by atoms with E-state index in [0.717, 1.165) is 64.9 Å². The summed E-state index contributed by atoms with van der Waals surface area (Å²) in [6, 6.07) is 0.456. The zero-order valence-electron chi connectivity index (χ0n) is 17.2. The zero-order valence-corrected chi connectivity index (χ0v) is 17.2. The molecule has 150 valence electrons. The van der Waals surface area contributed by atoms with Crippen LogP contribution < -0.4 is 11.1 Å². The van der Waals surface area contributed by atoms with Crippen molar-refractivity contribution in [1.29, 1.82) is 0 Å². The van der Waals surface area contributed by atoms with Gasteiger partial charge in [0.15, 0.2) is 5.96 Å². The minimum atomic E-state index is -0.600. The topological polar surface area (TPSA) is 80.4 Å². The predicted molar refractivity (Wildman–Crippen MR) is 106 cm³/mol. The number of carbonyl (C=O) groups is 1. The van der Waals surface area contributed by atoms with E-state index in [2.05, 4.69) is 45.9 Å². The van der Waals surface area contributed by atoms with Gasteiger partial charge in [-0.05, 0) is 34.9 Å². The van der Waals surface area contributed by atoms with Crippen LogP contribution in [0.2, 0.25) is 0 Å². The summed E-state index contributed by atoms with van der Waals surface area (Å²) in [6.07, 6.45) is 0. The van der Waals surface area contributed by atoms with E-state index in [1.165, 1.54) is 0 Å². The van der Waals surface area contributed by atoms with Gasteiger partial charge in [0, 0.05) is 58.4 Å².